The topological polar surface area (TPSA) is 88.5 Å². The summed E-state index contributed by atoms with van der Waals surface area (Å²) < 4.78 is 5.79. The highest BCUT2D eigenvalue weighted by atomic mass is 35.5. The lowest BCUT2D eigenvalue weighted by molar-refractivity contribution is 0.0698. The van der Waals surface area contributed by atoms with Crippen molar-refractivity contribution in [1.29, 1.82) is 0 Å². The number of aromatic carboxylic acids is 1. The molecule has 0 saturated heterocycles. The van der Waals surface area contributed by atoms with Gasteiger partial charge in [0.1, 0.15) is 12.4 Å². The van der Waals surface area contributed by atoms with Gasteiger partial charge in [-0.25, -0.2) is 9.78 Å². The number of aromatic nitrogens is 1. The quantitative estimate of drug-likeness (QED) is 0.395. The second kappa shape index (κ2) is 9.08. The molecule has 1 heterocycles. The van der Waals surface area contributed by atoms with Crippen LogP contribution in [0.3, 0.4) is 0 Å². The van der Waals surface area contributed by atoms with Gasteiger partial charge in [0, 0.05) is 16.0 Å². The van der Waals surface area contributed by atoms with Crippen molar-refractivity contribution in [3.63, 3.8) is 0 Å². The Labute approximate surface area is 189 Å². The van der Waals surface area contributed by atoms with Crippen molar-refractivity contribution in [2.75, 3.05) is 5.32 Å². The van der Waals surface area contributed by atoms with E-state index in [0.29, 0.717) is 28.5 Å². The maximum atomic E-state index is 12.7. The molecule has 3 aromatic carbocycles. The molecule has 0 aliphatic rings. The summed E-state index contributed by atoms with van der Waals surface area (Å²) in [5.74, 6) is -1.01. The molecule has 1 aromatic heterocycles. The standard InChI is InChI=1S/C25H19ClN2O4/c1-15-12-18(26)13-21(25(30)31)23(15)28-24(29)17-7-10-20(11-8-17)32-14-19-9-6-16-4-2-3-5-22(16)27-19/h2-13H,14H2,1H3,(H,28,29)(H,30,31). The van der Waals surface area contributed by atoms with Gasteiger partial charge in [0.05, 0.1) is 22.5 Å². The first-order valence-corrected chi connectivity index (χ1v) is 10.2. The average molecular weight is 447 g/mol. The van der Waals surface area contributed by atoms with E-state index in [2.05, 4.69) is 10.3 Å². The number of benzene rings is 3. The highest BCUT2D eigenvalue weighted by molar-refractivity contribution is 6.31. The third-order valence-corrected chi connectivity index (χ3v) is 5.15. The van der Waals surface area contributed by atoms with E-state index < -0.39 is 11.9 Å². The fraction of sp³-hybridized carbons (Fsp3) is 0.0800. The van der Waals surface area contributed by atoms with Crippen LogP contribution in [0.5, 0.6) is 5.75 Å². The number of nitrogens with one attached hydrogen (secondary N) is 1. The van der Waals surface area contributed by atoms with E-state index in [1.165, 1.54) is 6.07 Å². The molecule has 6 nitrogen and oxygen atoms in total. The number of hydrogen-bond acceptors (Lipinski definition) is 4. The van der Waals surface area contributed by atoms with E-state index in [4.69, 9.17) is 16.3 Å². The number of carboxylic acids is 1. The number of fused-ring (bicyclic) bond motifs is 1. The molecule has 0 saturated carbocycles. The summed E-state index contributed by atoms with van der Waals surface area (Å²) >= 11 is 5.95. The number of ether oxygens (including phenoxy) is 1. The van der Waals surface area contributed by atoms with Gasteiger partial charge in [-0.3, -0.25) is 4.79 Å². The SMILES string of the molecule is Cc1cc(Cl)cc(C(=O)O)c1NC(=O)c1ccc(OCc2ccc3ccccc3n2)cc1. The molecule has 4 aromatic rings. The van der Waals surface area contributed by atoms with Crippen molar-refractivity contribution in [1.82, 2.24) is 4.98 Å². The zero-order valence-electron chi connectivity index (χ0n) is 17.1. The van der Waals surface area contributed by atoms with E-state index in [1.54, 1.807) is 37.3 Å². The van der Waals surface area contributed by atoms with Crippen LogP contribution in [-0.4, -0.2) is 22.0 Å². The Hall–Kier alpha value is -3.90. The van der Waals surface area contributed by atoms with Crippen molar-refractivity contribution in [3.05, 3.63) is 100 Å². The van der Waals surface area contributed by atoms with Gasteiger partial charge in [-0.2, -0.15) is 0 Å². The molecular weight excluding hydrogens is 428 g/mol. The van der Waals surface area contributed by atoms with Crippen molar-refractivity contribution >= 4 is 40.1 Å². The third kappa shape index (κ3) is 4.71. The predicted molar refractivity (Wildman–Crippen MR) is 124 cm³/mol. The Balaban J connectivity index is 1.44. The maximum Gasteiger partial charge on any atom is 0.337 e. The second-order valence-corrected chi connectivity index (χ2v) is 7.65. The summed E-state index contributed by atoms with van der Waals surface area (Å²) in [7, 11) is 0. The number of carbonyl (C=O) groups is 2. The molecule has 160 valence electrons. The number of halogens is 1. The molecule has 4 rings (SSSR count). The summed E-state index contributed by atoms with van der Waals surface area (Å²) in [5.41, 5.74) is 2.78. The van der Waals surface area contributed by atoms with Crippen molar-refractivity contribution < 1.29 is 19.4 Å². The summed E-state index contributed by atoms with van der Waals surface area (Å²) in [4.78, 5) is 28.7. The smallest absolute Gasteiger partial charge is 0.337 e. The van der Waals surface area contributed by atoms with Crippen molar-refractivity contribution in [3.8, 4) is 5.75 Å². The lowest BCUT2D eigenvalue weighted by Gasteiger charge is -2.13. The number of para-hydroxylation sites is 1. The van der Waals surface area contributed by atoms with Crippen LogP contribution in [0, 0.1) is 6.92 Å². The van der Waals surface area contributed by atoms with Gasteiger partial charge in [0.2, 0.25) is 0 Å². The van der Waals surface area contributed by atoms with E-state index in [0.717, 1.165) is 16.6 Å². The van der Waals surface area contributed by atoms with Gasteiger partial charge in [-0.05, 0) is 61.0 Å². The van der Waals surface area contributed by atoms with Crippen LogP contribution in [0.1, 0.15) is 32.0 Å². The summed E-state index contributed by atoms with van der Waals surface area (Å²) in [5, 5.41) is 13.4. The van der Waals surface area contributed by atoms with Gasteiger partial charge < -0.3 is 15.2 Å². The minimum atomic E-state index is -1.17. The molecule has 0 atom stereocenters. The monoisotopic (exact) mass is 446 g/mol. The van der Waals surface area contributed by atoms with Crippen LogP contribution >= 0.6 is 11.6 Å². The zero-order chi connectivity index (χ0) is 22.7. The summed E-state index contributed by atoms with van der Waals surface area (Å²) in [6.07, 6.45) is 0. The van der Waals surface area contributed by atoms with Gasteiger partial charge in [-0.15, -0.1) is 0 Å². The minimum Gasteiger partial charge on any atom is -0.487 e. The van der Waals surface area contributed by atoms with E-state index in [1.807, 2.05) is 36.4 Å². The lowest BCUT2D eigenvalue weighted by Crippen LogP contribution is -2.16. The average Bonchev–Trinajstić information content (AvgIpc) is 2.79. The molecule has 0 aliphatic carbocycles. The summed E-state index contributed by atoms with van der Waals surface area (Å²) in [6.45, 7) is 1.98. The van der Waals surface area contributed by atoms with Crippen LogP contribution in [0.25, 0.3) is 10.9 Å². The molecule has 0 fully saturated rings. The first-order chi connectivity index (χ1) is 15.4. The number of anilines is 1. The minimum absolute atomic E-state index is 0.0637. The molecule has 0 unspecified atom stereocenters. The predicted octanol–water partition coefficient (Wildman–Crippen LogP) is 5.73. The Kier molecular flexibility index (Phi) is 6.05. The van der Waals surface area contributed by atoms with Crippen molar-refractivity contribution in [2.24, 2.45) is 0 Å². The molecule has 0 radical (unpaired) electrons. The van der Waals surface area contributed by atoms with Crippen LogP contribution in [-0.2, 0) is 6.61 Å². The maximum absolute atomic E-state index is 12.7. The first kappa shape index (κ1) is 21.3. The van der Waals surface area contributed by atoms with E-state index in [9.17, 15) is 14.7 Å². The molecular formula is C25H19ClN2O4. The number of nitrogens with zero attached hydrogens (tertiary/aromatic N) is 1. The molecule has 0 bridgehead atoms. The summed E-state index contributed by atoms with van der Waals surface area (Å²) in [6, 6.07) is 21.3. The molecule has 7 heteroatoms. The van der Waals surface area contributed by atoms with Crippen LogP contribution in [0.2, 0.25) is 5.02 Å². The van der Waals surface area contributed by atoms with Gasteiger partial charge in [0.25, 0.3) is 5.91 Å². The van der Waals surface area contributed by atoms with Crippen LogP contribution in [0.4, 0.5) is 5.69 Å². The normalized spacial score (nSPS) is 10.7. The number of amides is 1. The fourth-order valence-electron chi connectivity index (χ4n) is 3.31. The highest BCUT2D eigenvalue weighted by Crippen LogP contribution is 2.26. The van der Waals surface area contributed by atoms with E-state index in [-0.39, 0.29) is 11.3 Å². The number of carbonyl (C=O) groups excluding carboxylic acids is 1. The first-order valence-electron chi connectivity index (χ1n) is 9.83. The molecule has 0 spiro atoms. The van der Waals surface area contributed by atoms with Crippen LogP contribution in [0.15, 0.2) is 72.8 Å². The largest absolute Gasteiger partial charge is 0.487 e. The van der Waals surface area contributed by atoms with Gasteiger partial charge in [-0.1, -0.05) is 35.9 Å². The van der Waals surface area contributed by atoms with Crippen molar-refractivity contribution in [2.45, 2.75) is 13.5 Å². The number of carboxylic acid groups (broad SMARTS) is 1. The Bertz CT molecular complexity index is 1320. The van der Waals surface area contributed by atoms with E-state index >= 15 is 0 Å². The Morgan fingerprint density at radius 1 is 1.03 bits per heavy atom. The number of pyridine rings is 1. The third-order valence-electron chi connectivity index (χ3n) is 4.93. The van der Waals surface area contributed by atoms with Gasteiger partial charge >= 0.3 is 5.97 Å². The molecule has 32 heavy (non-hydrogen) atoms. The Morgan fingerprint density at radius 3 is 2.53 bits per heavy atom. The number of aryl methyl sites for hydroxylation is 1. The second-order valence-electron chi connectivity index (χ2n) is 7.21. The number of hydrogen-bond donors (Lipinski definition) is 2. The molecule has 2 N–H and O–H groups in total. The fourth-order valence-corrected chi connectivity index (χ4v) is 3.58. The van der Waals surface area contributed by atoms with Crippen LogP contribution < -0.4 is 10.1 Å². The number of rotatable bonds is 6. The molecule has 1 amide bonds. The zero-order valence-corrected chi connectivity index (χ0v) is 17.9. The molecule has 0 aliphatic heterocycles. The lowest BCUT2D eigenvalue weighted by atomic mass is 10.1. The van der Waals surface area contributed by atoms with Gasteiger partial charge in [0.15, 0.2) is 0 Å². The highest BCUT2D eigenvalue weighted by Gasteiger charge is 2.17. The Morgan fingerprint density at radius 2 is 1.78 bits per heavy atom.